The molecule has 1 saturated heterocycles. The molecule has 1 aromatic rings. The fourth-order valence-electron chi connectivity index (χ4n) is 2.12. The first-order valence-electron chi connectivity index (χ1n) is 5.92. The van der Waals surface area contributed by atoms with Crippen LogP contribution in [0.5, 0.6) is 5.75 Å². The number of nitrogens with zero attached hydrogens (tertiary/aromatic N) is 1. The third-order valence-corrected chi connectivity index (χ3v) is 3.56. The van der Waals surface area contributed by atoms with Crippen LogP contribution in [-0.4, -0.2) is 42.2 Å². The molecule has 0 unspecified atom stereocenters. The Morgan fingerprint density at radius 1 is 1.44 bits per heavy atom. The molecule has 1 heterocycles. The van der Waals surface area contributed by atoms with E-state index in [1.807, 2.05) is 0 Å². The summed E-state index contributed by atoms with van der Waals surface area (Å²) in [5, 5.41) is 9.53. The van der Waals surface area contributed by atoms with Crippen LogP contribution in [0.1, 0.15) is 23.2 Å². The van der Waals surface area contributed by atoms with Crippen molar-refractivity contribution in [1.82, 2.24) is 4.90 Å². The largest absolute Gasteiger partial charge is 0.506 e. The Hall–Kier alpha value is -1.26. The number of aromatic hydroxyl groups is 1. The van der Waals surface area contributed by atoms with Gasteiger partial charge in [-0.2, -0.15) is 0 Å². The average molecular weight is 270 g/mol. The van der Waals surface area contributed by atoms with E-state index >= 15 is 0 Å². The SMILES string of the molecule is COC1CCN(C(=O)c2ccc(O)c(Cl)c2)CC1. The van der Waals surface area contributed by atoms with Crippen molar-refractivity contribution in [1.29, 1.82) is 0 Å². The molecule has 0 radical (unpaired) electrons. The quantitative estimate of drug-likeness (QED) is 0.896. The van der Waals surface area contributed by atoms with Gasteiger partial charge in [-0.15, -0.1) is 0 Å². The van der Waals surface area contributed by atoms with E-state index < -0.39 is 0 Å². The van der Waals surface area contributed by atoms with Gasteiger partial charge in [0.1, 0.15) is 5.75 Å². The van der Waals surface area contributed by atoms with Crippen molar-refractivity contribution in [3.05, 3.63) is 28.8 Å². The molecule has 0 spiro atoms. The zero-order chi connectivity index (χ0) is 13.1. The van der Waals surface area contributed by atoms with Gasteiger partial charge in [0, 0.05) is 25.8 Å². The van der Waals surface area contributed by atoms with Crippen LogP contribution in [0.3, 0.4) is 0 Å². The van der Waals surface area contributed by atoms with Crippen LogP contribution in [-0.2, 0) is 4.74 Å². The predicted octanol–water partition coefficient (Wildman–Crippen LogP) is 2.30. The van der Waals surface area contributed by atoms with Crippen LogP contribution in [0, 0.1) is 0 Å². The third-order valence-electron chi connectivity index (χ3n) is 3.26. The zero-order valence-corrected chi connectivity index (χ0v) is 11.0. The highest BCUT2D eigenvalue weighted by molar-refractivity contribution is 6.32. The smallest absolute Gasteiger partial charge is 0.253 e. The summed E-state index contributed by atoms with van der Waals surface area (Å²) in [6.45, 7) is 1.38. The maximum absolute atomic E-state index is 12.2. The van der Waals surface area contributed by atoms with E-state index in [0.717, 1.165) is 12.8 Å². The fraction of sp³-hybridized carbons (Fsp3) is 0.462. The van der Waals surface area contributed by atoms with E-state index in [2.05, 4.69) is 0 Å². The van der Waals surface area contributed by atoms with Crippen molar-refractivity contribution in [2.75, 3.05) is 20.2 Å². The number of hydrogen-bond acceptors (Lipinski definition) is 3. The lowest BCUT2D eigenvalue weighted by molar-refractivity contribution is 0.0351. The first kappa shape index (κ1) is 13.2. The Bertz CT molecular complexity index is 442. The second-order valence-electron chi connectivity index (χ2n) is 4.39. The Morgan fingerprint density at radius 3 is 2.67 bits per heavy atom. The fourth-order valence-corrected chi connectivity index (χ4v) is 2.30. The molecule has 18 heavy (non-hydrogen) atoms. The Balaban J connectivity index is 2.05. The van der Waals surface area contributed by atoms with Gasteiger partial charge in [-0.05, 0) is 31.0 Å². The van der Waals surface area contributed by atoms with Gasteiger partial charge in [-0.25, -0.2) is 0 Å². The molecule has 0 aliphatic carbocycles. The molecule has 1 amide bonds. The number of piperidine rings is 1. The van der Waals surface area contributed by atoms with E-state index in [0.29, 0.717) is 18.7 Å². The minimum Gasteiger partial charge on any atom is -0.506 e. The zero-order valence-electron chi connectivity index (χ0n) is 10.2. The Kier molecular flexibility index (Phi) is 4.09. The number of hydrogen-bond donors (Lipinski definition) is 1. The highest BCUT2D eigenvalue weighted by Gasteiger charge is 2.23. The van der Waals surface area contributed by atoms with Crippen LogP contribution in [0.25, 0.3) is 0 Å². The van der Waals surface area contributed by atoms with Crippen LogP contribution < -0.4 is 0 Å². The summed E-state index contributed by atoms with van der Waals surface area (Å²) in [5.41, 5.74) is 0.508. The molecule has 0 aromatic heterocycles. The first-order chi connectivity index (χ1) is 8.61. The number of halogens is 1. The number of rotatable bonds is 2. The number of phenols is 1. The maximum atomic E-state index is 12.2. The molecule has 1 fully saturated rings. The number of amides is 1. The topological polar surface area (TPSA) is 49.8 Å². The molecule has 1 aliphatic rings. The number of ether oxygens (including phenoxy) is 1. The monoisotopic (exact) mass is 269 g/mol. The molecule has 4 nitrogen and oxygen atoms in total. The third kappa shape index (κ3) is 2.76. The van der Waals surface area contributed by atoms with Gasteiger partial charge in [-0.1, -0.05) is 11.6 Å². The number of benzene rings is 1. The first-order valence-corrected chi connectivity index (χ1v) is 6.30. The lowest BCUT2D eigenvalue weighted by atomic mass is 10.1. The molecule has 5 heteroatoms. The molecule has 2 rings (SSSR count). The van der Waals surface area contributed by atoms with Crippen LogP contribution in [0.15, 0.2) is 18.2 Å². The minimum absolute atomic E-state index is 0.00805. The molecule has 98 valence electrons. The second-order valence-corrected chi connectivity index (χ2v) is 4.80. The summed E-state index contributed by atoms with van der Waals surface area (Å²) in [7, 11) is 1.70. The summed E-state index contributed by atoms with van der Waals surface area (Å²) in [4.78, 5) is 14.0. The van der Waals surface area contributed by atoms with Crippen LogP contribution >= 0.6 is 11.6 Å². The minimum atomic E-state index is -0.0496. The van der Waals surface area contributed by atoms with Crippen molar-refractivity contribution < 1.29 is 14.6 Å². The van der Waals surface area contributed by atoms with Gasteiger partial charge in [-0.3, -0.25) is 4.79 Å². The van der Waals surface area contributed by atoms with E-state index in [9.17, 15) is 9.90 Å². The summed E-state index contributed by atoms with van der Waals surface area (Å²) in [5.74, 6) is -0.0576. The molecule has 1 aromatic carbocycles. The highest BCUT2D eigenvalue weighted by Crippen LogP contribution is 2.25. The molecule has 0 atom stereocenters. The van der Waals surface area contributed by atoms with Crippen molar-refractivity contribution in [2.24, 2.45) is 0 Å². The summed E-state index contributed by atoms with van der Waals surface area (Å²) in [6, 6.07) is 4.53. The van der Waals surface area contributed by atoms with Gasteiger partial charge >= 0.3 is 0 Å². The second kappa shape index (κ2) is 5.59. The number of methoxy groups -OCH3 is 1. The number of phenolic OH excluding ortho intramolecular Hbond substituents is 1. The Morgan fingerprint density at radius 2 is 2.11 bits per heavy atom. The summed E-state index contributed by atoms with van der Waals surface area (Å²) in [6.07, 6.45) is 1.96. The van der Waals surface area contributed by atoms with E-state index in [1.165, 1.54) is 12.1 Å². The number of likely N-dealkylation sites (tertiary alicyclic amines) is 1. The maximum Gasteiger partial charge on any atom is 0.253 e. The molecule has 1 N–H and O–H groups in total. The summed E-state index contributed by atoms with van der Waals surface area (Å²) >= 11 is 5.80. The van der Waals surface area contributed by atoms with Gasteiger partial charge in [0.25, 0.3) is 5.91 Å². The van der Waals surface area contributed by atoms with Crippen molar-refractivity contribution >= 4 is 17.5 Å². The van der Waals surface area contributed by atoms with Gasteiger partial charge in [0.15, 0.2) is 0 Å². The van der Waals surface area contributed by atoms with E-state index in [-0.39, 0.29) is 22.8 Å². The average Bonchev–Trinajstić information content (AvgIpc) is 2.41. The van der Waals surface area contributed by atoms with Gasteiger partial charge in [0.2, 0.25) is 0 Å². The van der Waals surface area contributed by atoms with Crippen LogP contribution in [0.2, 0.25) is 5.02 Å². The molecule has 0 bridgehead atoms. The normalized spacial score (nSPS) is 16.9. The van der Waals surface area contributed by atoms with Crippen molar-refractivity contribution in [3.63, 3.8) is 0 Å². The van der Waals surface area contributed by atoms with Gasteiger partial charge < -0.3 is 14.7 Å². The molecule has 1 aliphatic heterocycles. The van der Waals surface area contributed by atoms with Crippen molar-refractivity contribution in [2.45, 2.75) is 18.9 Å². The number of carbonyl (C=O) groups is 1. The lowest BCUT2D eigenvalue weighted by Gasteiger charge is -2.31. The standard InChI is InChI=1S/C13H16ClNO3/c1-18-10-4-6-15(7-5-10)13(17)9-2-3-12(16)11(14)8-9/h2-3,8,10,16H,4-7H2,1H3. The van der Waals surface area contributed by atoms with Crippen molar-refractivity contribution in [3.8, 4) is 5.75 Å². The lowest BCUT2D eigenvalue weighted by Crippen LogP contribution is -2.40. The summed E-state index contributed by atoms with van der Waals surface area (Å²) < 4.78 is 5.27. The van der Waals surface area contributed by atoms with E-state index in [1.54, 1.807) is 18.1 Å². The predicted molar refractivity (Wildman–Crippen MR) is 69.1 cm³/mol. The molecule has 0 saturated carbocycles. The number of carbonyl (C=O) groups excluding carboxylic acids is 1. The highest BCUT2D eigenvalue weighted by atomic mass is 35.5. The van der Waals surface area contributed by atoms with Gasteiger partial charge in [0.05, 0.1) is 11.1 Å². The van der Waals surface area contributed by atoms with E-state index in [4.69, 9.17) is 16.3 Å². The van der Waals surface area contributed by atoms with Crippen LogP contribution in [0.4, 0.5) is 0 Å². The molecular weight excluding hydrogens is 254 g/mol. The Labute approximate surface area is 111 Å². The molecular formula is C13H16ClNO3.